The van der Waals surface area contributed by atoms with E-state index in [0.29, 0.717) is 18.2 Å². The van der Waals surface area contributed by atoms with Crippen LogP contribution >= 0.6 is 23.2 Å². The number of aromatic nitrogens is 1. The number of phenolic OH excluding ortho intramolecular Hbond substituents is 1. The van der Waals surface area contributed by atoms with E-state index in [4.69, 9.17) is 37.6 Å². The van der Waals surface area contributed by atoms with Crippen molar-refractivity contribution >= 4 is 29.1 Å². The number of anilines is 1. The lowest BCUT2D eigenvalue weighted by atomic mass is 10.2. The number of methoxy groups -OCH3 is 1. The van der Waals surface area contributed by atoms with Crippen LogP contribution in [0, 0.1) is 11.3 Å². The minimum Gasteiger partial charge on any atom is -0.506 e. The molecule has 0 radical (unpaired) electrons. The van der Waals surface area contributed by atoms with Crippen LogP contribution in [0.25, 0.3) is 11.5 Å². The average Bonchev–Trinajstić information content (AvgIpc) is 2.86. The first-order valence-corrected chi connectivity index (χ1v) is 6.64. The maximum atomic E-state index is 9.95. The van der Waals surface area contributed by atoms with Gasteiger partial charge in [-0.2, -0.15) is 10.2 Å². The SMILES string of the molecule is COCCNc1oc(-c2cc(Cl)cc(Cl)c2O)nc1C#N. The third-order valence-electron chi connectivity index (χ3n) is 2.58. The number of aromatic hydroxyl groups is 1. The highest BCUT2D eigenvalue weighted by Crippen LogP contribution is 2.38. The number of rotatable bonds is 5. The molecular formula is C13H11Cl2N3O3. The minimum absolute atomic E-state index is 0.0494. The van der Waals surface area contributed by atoms with E-state index in [-0.39, 0.29) is 33.8 Å². The maximum Gasteiger partial charge on any atom is 0.233 e. The molecule has 0 amide bonds. The quantitative estimate of drug-likeness (QED) is 0.819. The molecule has 6 nitrogen and oxygen atoms in total. The van der Waals surface area contributed by atoms with Crippen molar-refractivity contribution < 1.29 is 14.3 Å². The summed E-state index contributed by atoms with van der Waals surface area (Å²) < 4.78 is 10.3. The van der Waals surface area contributed by atoms with Crippen LogP contribution in [0.1, 0.15) is 5.69 Å². The molecule has 0 aliphatic heterocycles. The number of ether oxygens (including phenoxy) is 1. The fourth-order valence-corrected chi connectivity index (χ4v) is 2.12. The van der Waals surface area contributed by atoms with Gasteiger partial charge in [-0.1, -0.05) is 23.2 Å². The number of hydrogen-bond donors (Lipinski definition) is 2. The van der Waals surface area contributed by atoms with Crippen molar-refractivity contribution in [3.63, 3.8) is 0 Å². The summed E-state index contributed by atoms with van der Waals surface area (Å²) >= 11 is 11.7. The predicted octanol–water partition coefficient (Wildman–Crippen LogP) is 3.28. The third kappa shape index (κ3) is 3.39. The van der Waals surface area contributed by atoms with Gasteiger partial charge in [0.2, 0.25) is 17.5 Å². The molecule has 8 heteroatoms. The van der Waals surface area contributed by atoms with Crippen LogP contribution < -0.4 is 5.32 Å². The van der Waals surface area contributed by atoms with E-state index in [1.165, 1.54) is 12.1 Å². The Morgan fingerprint density at radius 1 is 1.48 bits per heavy atom. The van der Waals surface area contributed by atoms with Gasteiger partial charge in [-0.15, -0.1) is 0 Å². The molecule has 0 bridgehead atoms. The van der Waals surface area contributed by atoms with Crippen LogP contribution in [0.4, 0.5) is 5.88 Å². The second kappa shape index (κ2) is 6.68. The zero-order chi connectivity index (χ0) is 15.4. The molecule has 1 heterocycles. The first kappa shape index (κ1) is 15.4. The van der Waals surface area contributed by atoms with Crippen LogP contribution in [-0.4, -0.2) is 30.4 Å². The highest BCUT2D eigenvalue weighted by molar-refractivity contribution is 6.36. The number of benzene rings is 1. The van der Waals surface area contributed by atoms with E-state index in [1.807, 2.05) is 6.07 Å². The van der Waals surface area contributed by atoms with Crippen molar-refractivity contribution in [3.8, 4) is 23.3 Å². The van der Waals surface area contributed by atoms with E-state index >= 15 is 0 Å². The number of nitrogens with zero attached hydrogens (tertiary/aromatic N) is 2. The van der Waals surface area contributed by atoms with Crippen LogP contribution in [-0.2, 0) is 4.74 Å². The number of halogens is 2. The van der Waals surface area contributed by atoms with Gasteiger partial charge in [-0.05, 0) is 12.1 Å². The van der Waals surface area contributed by atoms with Crippen LogP contribution in [0.2, 0.25) is 10.0 Å². The minimum atomic E-state index is -0.213. The van der Waals surface area contributed by atoms with Gasteiger partial charge in [0.05, 0.1) is 17.2 Å². The molecule has 0 aliphatic carbocycles. The van der Waals surface area contributed by atoms with Crippen molar-refractivity contribution in [3.05, 3.63) is 27.9 Å². The number of hydrogen-bond acceptors (Lipinski definition) is 6. The van der Waals surface area contributed by atoms with Crippen LogP contribution in [0.3, 0.4) is 0 Å². The van der Waals surface area contributed by atoms with Crippen molar-refractivity contribution in [2.75, 3.05) is 25.6 Å². The zero-order valence-electron chi connectivity index (χ0n) is 11.0. The molecule has 0 saturated carbocycles. The van der Waals surface area contributed by atoms with Gasteiger partial charge in [0.1, 0.15) is 11.8 Å². The molecule has 21 heavy (non-hydrogen) atoms. The molecule has 0 saturated heterocycles. The van der Waals surface area contributed by atoms with Crippen LogP contribution in [0.5, 0.6) is 5.75 Å². The molecule has 2 N–H and O–H groups in total. The highest BCUT2D eigenvalue weighted by atomic mass is 35.5. The van der Waals surface area contributed by atoms with E-state index in [9.17, 15) is 5.11 Å². The monoisotopic (exact) mass is 327 g/mol. The molecule has 0 fully saturated rings. The van der Waals surface area contributed by atoms with Gasteiger partial charge < -0.3 is 19.6 Å². The third-order valence-corrected chi connectivity index (χ3v) is 3.09. The van der Waals surface area contributed by atoms with E-state index < -0.39 is 0 Å². The van der Waals surface area contributed by atoms with Gasteiger partial charge in [0.25, 0.3) is 0 Å². The molecule has 0 atom stereocenters. The van der Waals surface area contributed by atoms with E-state index in [1.54, 1.807) is 7.11 Å². The lowest BCUT2D eigenvalue weighted by Crippen LogP contribution is -2.07. The largest absolute Gasteiger partial charge is 0.506 e. The molecule has 2 rings (SSSR count). The van der Waals surface area contributed by atoms with Gasteiger partial charge in [0, 0.05) is 18.7 Å². The second-order valence-electron chi connectivity index (χ2n) is 4.01. The molecular weight excluding hydrogens is 317 g/mol. The number of nitrogens with one attached hydrogen (secondary N) is 1. The Hall–Kier alpha value is -1.94. The summed E-state index contributed by atoms with van der Waals surface area (Å²) in [6.45, 7) is 0.886. The first-order valence-electron chi connectivity index (χ1n) is 5.89. The molecule has 110 valence electrons. The first-order chi connectivity index (χ1) is 10.1. The van der Waals surface area contributed by atoms with E-state index in [0.717, 1.165) is 0 Å². The summed E-state index contributed by atoms with van der Waals surface area (Å²) in [6, 6.07) is 4.76. The zero-order valence-corrected chi connectivity index (χ0v) is 12.5. The molecule has 0 unspecified atom stereocenters. The van der Waals surface area contributed by atoms with Crippen molar-refractivity contribution in [1.29, 1.82) is 5.26 Å². The fraction of sp³-hybridized carbons (Fsp3) is 0.231. The maximum absolute atomic E-state index is 9.95. The normalized spacial score (nSPS) is 10.4. The van der Waals surface area contributed by atoms with Gasteiger partial charge in [-0.3, -0.25) is 0 Å². The summed E-state index contributed by atoms with van der Waals surface area (Å²) in [5.74, 6) is 0.0312. The number of nitriles is 1. The summed E-state index contributed by atoms with van der Waals surface area (Å²) in [6.07, 6.45) is 0. The lowest BCUT2D eigenvalue weighted by molar-refractivity contribution is 0.210. The molecule has 1 aromatic carbocycles. The molecule has 0 aliphatic rings. The summed E-state index contributed by atoms with van der Waals surface area (Å²) in [7, 11) is 1.56. The summed E-state index contributed by atoms with van der Waals surface area (Å²) in [4.78, 5) is 4.01. The Balaban J connectivity index is 2.39. The summed E-state index contributed by atoms with van der Waals surface area (Å²) in [5.41, 5.74) is 0.278. The van der Waals surface area contributed by atoms with Gasteiger partial charge in [0.15, 0.2) is 0 Å². The average molecular weight is 328 g/mol. The Morgan fingerprint density at radius 2 is 2.24 bits per heavy atom. The lowest BCUT2D eigenvalue weighted by Gasteiger charge is -2.04. The summed E-state index contributed by atoms with van der Waals surface area (Å²) in [5, 5.41) is 22.3. The van der Waals surface area contributed by atoms with Crippen molar-refractivity contribution in [2.24, 2.45) is 0 Å². The van der Waals surface area contributed by atoms with Crippen molar-refractivity contribution in [1.82, 2.24) is 4.98 Å². The molecule has 1 aromatic heterocycles. The number of phenols is 1. The van der Waals surface area contributed by atoms with E-state index in [2.05, 4.69) is 10.3 Å². The Labute approximate surface area is 130 Å². The molecule has 0 spiro atoms. The Bertz CT molecular complexity index is 695. The topological polar surface area (TPSA) is 91.3 Å². The Morgan fingerprint density at radius 3 is 2.90 bits per heavy atom. The standard InChI is InChI=1S/C13H11Cl2N3O3/c1-20-3-2-17-13-10(6-16)18-12(21-13)8-4-7(14)5-9(15)11(8)19/h4-5,17,19H,2-3H2,1H3. The predicted molar refractivity (Wildman–Crippen MR) is 78.7 cm³/mol. The smallest absolute Gasteiger partial charge is 0.233 e. The van der Waals surface area contributed by atoms with Gasteiger partial charge >= 0.3 is 0 Å². The van der Waals surface area contributed by atoms with Crippen molar-refractivity contribution in [2.45, 2.75) is 0 Å². The Kier molecular flexibility index (Phi) is 4.91. The highest BCUT2D eigenvalue weighted by Gasteiger charge is 2.19. The van der Waals surface area contributed by atoms with Crippen LogP contribution in [0.15, 0.2) is 16.5 Å². The second-order valence-corrected chi connectivity index (χ2v) is 4.86. The molecule has 2 aromatic rings. The number of oxazole rings is 1. The van der Waals surface area contributed by atoms with Gasteiger partial charge in [-0.25, -0.2) is 0 Å². The fourth-order valence-electron chi connectivity index (χ4n) is 1.63.